The van der Waals surface area contributed by atoms with Crippen molar-refractivity contribution in [3.8, 4) is 0 Å². The molecule has 2 rings (SSSR count). The third kappa shape index (κ3) is 2.80. The highest BCUT2D eigenvalue weighted by Crippen LogP contribution is 2.33. The average molecular weight is 296 g/mol. The Bertz CT molecular complexity index is 496. The number of urea groups is 1. The maximum Gasteiger partial charge on any atom is 0.331 e. The Kier molecular flexibility index (Phi) is 4.65. The van der Waals surface area contributed by atoms with E-state index < -0.39 is 12.0 Å². The molecular formula is C14H20N2O3S. The summed E-state index contributed by atoms with van der Waals surface area (Å²) >= 11 is 1.56. The molecule has 5 nitrogen and oxygen atoms in total. The molecule has 0 spiro atoms. The maximum atomic E-state index is 12.3. The molecular weight excluding hydrogens is 276 g/mol. The number of amides is 2. The van der Waals surface area contributed by atoms with Gasteiger partial charge < -0.3 is 15.3 Å². The van der Waals surface area contributed by atoms with E-state index >= 15 is 0 Å². The molecule has 1 aromatic heterocycles. The summed E-state index contributed by atoms with van der Waals surface area (Å²) in [6.07, 6.45) is 2.42. The third-order valence-electron chi connectivity index (χ3n) is 3.77. The molecule has 1 aromatic rings. The molecule has 2 heterocycles. The number of nitrogens with zero attached hydrogens (tertiary/aromatic N) is 1. The van der Waals surface area contributed by atoms with Crippen molar-refractivity contribution in [1.29, 1.82) is 0 Å². The van der Waals surface area contributed by atoms with Gasteiger partial charge in [-0.2, -0.15) is 0 Å². The summed E-state index contributed by atoms with van der Waals surface area (Å²) < 4.78 is 0. The summed E-state index contributed by atoms with van der Waals surface area (Å²) in [6.45, 7) is 4.48. The van der Waals surface area contributed by atoms with Crippen LogP contribution in [0.5, 0.6) is 0 Å². The second kappa shape index (κ2) is 6.26. The van der Waals surface area contributed by atoms with E-state index in [1.807, 2.05) is 25.3 Å². The molecule has 1 unspecified atom stereocenters. The number of carbonyl (C=O) groups excluding carboxylic acids is 1. The highest BCUT2D eigenvalue weighted by atomic mass is 32.1. The standard InChI is InChI=1S/C14H20N2O3S/c1-3-9(4-2)15-14(19)16-7-5-11-10(6-8-20-11)12(16)13(17)18/h6,8-9,12H,3-5,7H2,1-2H3,(H,15,19)(H,17,18). The molecule has 1 atom stereocenters. The summed E-state index contributed by atoms with van der Waals surface area (Å²) in [7, 11) is 0. The van der Waals surface area contributed by atoms with Gasteiger partial charge in [-0.05, 0) is 36.3 Å². The molecule has 0 aromatic carbocycles. The molecule has 1 aliphatic heterocycles. The molecule has 2 N–H and O–H groups in total. The Labute approximate surface area is 122 Å². The number of carboxylic acids is 1. The van der Waals surface area contributed by atoms with Gasteiger partial charge in [0.2, 0.25) is 0 Å². The van der Waals surface area contributed by atoms with Crippen LogP contribution in [0.2, 0.25) is 0 Å². The van der Waals surface area contributed by atoms with E-state index in [4.69, 9.17) is 0 Å². The van der Waals surface area contributed by atoms with E-state index in [0.29, 0.717) is 6.54 Å². The van der Waals surface area contributed by atoms with Crippen LogP contribution in [-0.2, 0) is 11.2 Å². The number of hydrogen-bond acceptors (Lipinski definition) is 3. The Morgan fingerprint density at radius 3 is 2.80 bits per heavy atom. The van der Waals surface area contributed by atoms with E-state index in [1.54, 1.807) is 11.3 Å². The van der Waals surface area contributed by atoms with Gasteiger partial charge in [0, 0.05) is 17.5 Å². The number of hydrogen-bond donors (Lipinski definition) is 2. The van der Waals surface area contributed by atoms with Gasteiger partial charge in [-0.15, -0.1) is 11.3 Å². The lowest BCUT2D eigenvalue weighted by Gasteiger charge is -2.34. The van der Waals surface area contributed by atoms with Crippen molar-refractivity contribution in [3.05, 3.63) is 21.9 Å². The fourth-order valence-corrected chi connectivity index (χ4v) is 3.46. The summed E-state index contributed by atoms with van der Waals surface area (Å²) in [5, 5.41) is 14.3. The topological polar surface area (TPSA) is 69.6 Å². The molecule has 0 aliphatic carbocycles. The zero-order chi connectivity index (χ0) is 14.7. The fourth-order valence-electron chi connectivity index (χ4n) is 2.55. The van der Waals surface area contributed by atoms with Gasteiger partial charge in [-0.25, -0.2) is 9.59 Å². The SMILES string of the molecule is CCC(CC)NC(=O)N1CCc2sccc2C1C(=O)O. The van der Waals surface area contributed by atoms with Crippen molar-refractivity contribution in [2.75, 3.05) is 6.54 Å². The summed E-state index contributed by atoms with van der Waals surface area (Å²) in [4.78, 5) is 26.4. The summed E-state index contributed by atoms with van der Waals surface area (Å²) in [6, 6.07) is 0.776. The predicted molar refractivity (Wildman–Crippen MR) is 78.0 cm³/mol. The molecule has 6 heteroatoms. The lowest BCUT2D eigenvalue weighted by molar-refractivity contribution is -0.142. The average Bonchev–Trinajstić information content (AvgIpc) is 2.91. The maximum absolute atomic E-state index is 12.3. The summed E-state index contributed by atoms with van der Waals surface area (Å²) in [5.74, 6) is -0.968. The van der Waals surface area contributed by atoms with Crippen LogP contribution in [0, 0.1) is 0 Å². The van der Waals surface area contributed by atoms with Crippen LogP contribution in [0.25, 0.3) is 0 Å². The number of fused-ring (bicyclic) bond motifs is 1. The lowest BCUT2D eigenvalue weighted by Crippen LogP contribution is -2.50. The molecule has 0 fully saturated rings. The molecule has 110 valence electrons. The number of rotatable bonds is 4. The number of nitrogens with one attached hydrogen (secondary N) is 1. The number of aliphatic carboxylic acids is 1. The van der Waals surface area contributed by atoms with Crippen molar-refractivity contribution < 1.29 is 14.7 Å². The first-order valence-corrected chi connectivity index (χ1v) is 7.82. The summed E-state index contributed by atoms with van der Waals surface area (Å²) in [5.41, 5.74) is 0.758. The van der Waals surface area contributed by atoms with Crippen LogP contribution in [0.4, 0.5) is 4.79 Å². The van der Waals surface area contributed by atoms with E-state index in [2.05, 4.69) is 5.32 Å². The molecule has 1 aliphatic rings. The van der Waals surface area contributed by atoms with Crippen LogP contribution < -0.4 is 5.32 Å². The van der Waals surface area contributed by atoms with Crippen LogP contribution in [-0.4, -0.2) is 34.6 Å². The van der Waals surface area contributed by atoms with E-state index in [-0.39, 0.29) is 12.1 Å². The molecule has 0 saturated carbocycles. The minimum atomic E-state index is -0.968. The smallest absolute Gasteiger partial charge is 0.331 e. The molecule has 0 saturated heterocycles. The number of carboxylic acid groups (broad SMARTS) is 1. The van der Waals surface area contributed by atoms with Gasteiger partial charge in [0.25, 0.3) is 0 Å². The van der Waals surface area contributed by atoms with E-state index in [1.165, 1.54) is 4.90 Å². The van der Waals surface area contributed by atoms with Gasteiger partial charge >= 0.3 is 12.0 Å². The van der Waals surface area contributed by atoms with Crippen LogP contribution in [0.3, 0.4) is 0 Å². The van der Waals surface area contributed by atoms with Gasteiger partial charge in [-0.3, -0.25) is 0 Å². The Morgan fingerprint density at radius 2 is 2.20 bits per heavy atom. The Hall–Kier alpha value is -1.56. The largest absolute Gasteiger partial charge is 0.479 e. The van der Waals surface area contributed by atoms with E-state index in [0.717, 1.165) is 29.7 Å². The molecule has 0 bridgehead atoms. The zero-order valence-electron chi connectivity index (χ0n) is 11.8. The zero-order valence-corrected chi connectivity index (χ0v) is 12.6. The Balaban J connectivity index is 2.19. The molecule has 20 heavy (non-hydrogen) atoms. The third-order valence-corrected chi connectivity index (χ3v) is 4.77. The lowest BCUT2D eigenvalue weighted by atomic mass is 10.0. The number of carbonyl (C=O) groups is 2. The van der Waals surface area contributed by atoms with Crippen molar-refractivity contribution in [1.82, 2.24) is 10.2 Å². The first kappa shape index (κ1) is 14.8. The van der Waals surface area contributed by atoms with Crippen molar-refractivity contribution in [2.45, 2.75) is 45.2 Å². The van der Waals surface area contributed by atoms with Crippen LogP contribution in [0.15, 0.2) is 11.4 Å². The highest BCUT2D eigenvalue weighted by molar-refractivity contribution is 7.10. The van der Waals surface area contributed by atoms with Gasteiger partial charge in [-0.1, -0.05) is 13.8 Å². The van der Waals surface area contributed by atoms with E-state index in [9.17, 15) is 14.7 Å². The minimum absolute atomic E-state index is 0.0980. The van der Waals surface area contributed by atoms with Crippen molar-refractivity contribution >= 4 is 23.3 Å². The van der Waals surface area contributed by atoms with Crippen molar-refractivity contribution in [3.63, 3.8) is 0 Å². The first-order chi connectivity index (χ1) is 9.58. The second-order valence-corrected chi connectivity index (χ2v) is 5.95. The molecule has 2 amide bonds. The minimum Gasteiger partial charge on any atom is -0.479 e. The normalized spacial score (nSPS) is 17.9. The quantitative estimate of drug-likeness (QED) is 0.897. The van der Waals surface area contributed by atoms with Crippen molar-refractivity contribution in [2.24, 2.45) is 0 Å². The predicted octanol–water partition coefficient (Wildman–Crippen LogP) is 2.63. The Morgan fingerprint density at radius 1 is 1.50 bits per heavy atom. The second-order valence-electron chi connectivity index (χ2n) is 4.95. The first-order valence-electron chi connectivity index (χ1n) is 6.94. The van der Waals surface area contributed by atoms with Gasteiger partial charge in [0.1, 0.15) is 0 Å². The van der Waals surface area contributed by atoms with Crippen LogP contribution >= 0.6 is 11.3 Å². The monoisotopic (exact) mass is 296 g/mol. The van der Waals surface area contributed by atoms with Crippen LogP contribution in [0.1, 0.15) is 43.2 Å². The van der Waals surface area contributed by atoms with Gasteiger partial charge in [0.05, 0.1) is 0 Å². The molecule has 0 radical (unpaired) electrons. The number of thiophene rings is 1. The van der Waals surface area contributed by atoms with Gasteiger partial charge in [0.15, 0.2) is 6.04 Å². The highest BCUT2D eigenvalue weighted by Gasteiger charge is 2.36. The fraction of sp³-hybridized carbons (Fsp3) is 0.571.